The van der Waals surface area contributed by atoms with E-state index in [1.807, 2.05) is 11.8 Å². The van der Waals surface area contributed by atoms with E-state index in [4.69, 9.17) is 5.73 Å². The third-order valence-corrected chi connectivity index (χ3v) is 4.12. The quantitative estimate of drug-likeness (QED) is 0.874. The van der Waals surface area contributed by atoms with Crippen LogP contribution < -0.4 is 10.6 Å². The molecule has 0 saturated carbocycles. The molecule has 1 aliphatic heterocycles. The molecule has 2 N–H and O–H groups in total. The SMILES string of the molecule is CCc1cccc2c1N(CCN)CC(C)S2. The van der Waals surface area contributed by atoms with Crippen molar-refractivity contribution in [2.45, 2.75) is 30.4 Å². The van der Waals surface area contributed by atoms with E-state index >= 15 is 0 Å². The van der Waals surface area contributed by atoms with Gasteiger partial charge in [0.25, 0.3) is 0 Å². The Kier molecular flexibility index (Phi) is 3.77. The lowest BCUT2D eigenvalue weighted by Crippen LogP contribution is -2.37. The van der Waals surface area contributed by atoms with Gasteiger partial charge in [-0.3, -0.25) is 0 Å². The van der Waals surface area contributed by atoms with Gasteiger partial charge in [0.2, 0.25) is 0 Å². The number of hydrogen-bond donors (Lipinski definition) is 1. The number of nitrogens with two attached hydrogens (primary N) is 1. The summed E-state index contributed by atoms with van der Waals surface area (Å²) in [6, 6.07) is 6.64. The molecule has 0 spiro atoms. The Labute approximate surface area is 102 Å². The molecule has 2 rings (SSSR count). The molecular weight excluding hydrogens is 216 g/mol. The Balaban J connectivity index is 2.40. The number of anilines is 1. The maximum absolute atomic E-state index is 5.71. The standard InChI is InChI=1S/C13H20N2S/c1-3-11-5-4-6-12-13(11)15(8-7-14)9-10(2)16-12/h4-6,10H,3,7-9,14H2,1-2H3. The maximum atomic E-state index is 5.71. The Morgan fingerprint density at radius 3 is 3.00 bits per heavy atom. The highest BCUT2D eigenvalue weighted by Gasteiger charge is 2.23. The number of benzene rings is 1. The van der Waals surface area contributed by atoms with Gasteiger partial charge in [-0.25, -0.2) is 0 Å². The summed E-state index contributed by atoms with van der Waals surface area (Å²) < 4.78 is 0. The van der Waals surface area contributed by atoms with Crippen molar-refractivity contribution in [3.8, 4) is 0 Å². The van der Waals surface area contributed by atoms with Crippen molar-refractivity contribution in [1.29, 1.82) is 0 Å². The van der Waals surface area contributed by atoms with Crippen molar-refractivity contribution in [2.75, 3.05) is 24.5 Å². The summed E-state index contributed by atoms with van der Waals surface area (Å²) in [5, 5.41) is 0.658. The molecule has 1 aromatic rings. The average molecular weight is 236 g/mol. The molecule has 0 aliphatic carbocycles. The minimum absolute atomic E-state index is 0.658. The van der Waals surface area contributed by atoms with Gasteiger partial charge in [-0.1, -0.05) is 26.0 Å². The van der Waals surface area contributed by atoms with E-state index in [-0.39, 0.29) is 0 Å². The molecule has 0 fully saturated rings. The molecule has 88 valence electrons. The molecule has 16 heavy (non-hydrogen) atoms. The predicted octanol–water partition coefficient (Wildman–Crippen LogP) is 2.51. The lowest BCUT2D eigenvalue weighted by molar-refractivity contribution is 0.747. The molecule has 1 aromatic carbocycles. The largest absolute Gasteiger partial charge is 0.368 e. The Morgan fingerprint density at radius 2 is 2.31 bits per heavy atom. The van der Waals surface area contributed by atoms with Crippen LogP contribution in [0.1, 0.15) is 19.4 Å². The zero-order chi connectivity index (χ0) is 11.5. The topological polar surface area (TPSA) is 29.3 Å². The molecule has 3 heteroatoms. The molecule has 1 heterocycles. The normalized spacial score (nSPS) is 19.7. The Hall–Kier alpha value is -0.670. The monoisotopic (exact) mass is 236 g/mol. The van der Waals surface area contributed by atoms with E-state index in [1.165, 1.54) is 16.1 Å². The second-order valence-corrected chi connectivity index (χ2v) is 5.76. The molecule has 0 aromatic heterocycles. The van der Waals surface area contributed by atoms with Crippen molar-refractivity contribution in [2.24, 2.45) is 5.73 Å². The number of aryl methyl sites for hydroxylation is 1. The fourth-order valence-corrected chi connectivity index (χ4v) is 3.54. The van der Waals surface area contributed by atoms with Crippen molar-refractivity contribution < 1.29 is 0 Å². The molecule has 2 nitrogen and oxygen atoms in total. The summed E-state index contributed by atoms with van der Waals surface area (Å²) in [4.78, 5) is 3.88. The van der Waals surface area contributed by atoms with E-state index in [0.29, 0.717) is 5.25 Å². The van der Waals surface area contributed by atoms with E-state index in [9.17, 15) is 0 Å². The van der Waals surface area contributed by atoms with Crippen LogP contribution in [0.25, 0.3) is 0 Å². The van der Waals surface area contributed by atoms with Crippen molar-refractivity contribution in [1.82, 2.24) is 0 Å². The van der Waals surface area contributed by atoms with E-state index in [1.54, 1.807) is 0 Å². The minimum Gasteiger partial charge on any atom is -0.368 e. The van der Waals surface area contributed by atoms with E-state index in [0.717, 1.165) is 26.1 Å². The third-order valence-electron chi connectivity index (χ3n) is 2.98. The smallest absolute Gasteiger partial charge is 0.0537 e. The predicted molar refractivity (Wildman–Crippen MR) is 72.4 cm³/mol. The molecule has 0 bridgehead atoms. The highest BCUT2D eigenvalue weighted by atomic mass is 32.2. The molecule has 1 atom stereocenters. The van der Waals surface area contributed by atoms with E-state index < -0.39 is 0 Å². The minimum atomic E-state index is 0.658. The molecule has 0 amide bonds. The van der Waals surface area contributed by atoms with Crippen LogP contribution in [0.15, 0.2) is 23.1 Å². The van der Waals surface area contributed by atoms with Crippen LogP contribution in [0, 0.1) is 0 Å². The van der Waals surface area contributed by atoms with Gasteiger partial charge in [-0.15, -0.1) is 11.8 Å². The first-order valence-electron chi connectivity index (χ1n) is 5.99. The van der Waals surface area contributed by atoms with Gasteiger partial charge in [0, 0.05) is 29.8 Å². The van der Waals surface area contributed by atoms with Crippen molar-refractivity contribution >= 4 is 17.4 Å². The van der Waals surface area contributed by atoms with Gasteiger partial charge in [0.1, 0.15) is 0 Å². The van der Waals surface area contributed by atoms with Gasteiger partial charge < -0.3 is 10.6 Å². The number of thioether (sulfide) groups is 1. The van der Waals surface area contributed by atoms with Crippen LogP contribution in [0.2, 0.25) is 0 Å². The van der Waals surface area contributed by atoms with Crippen molar-refractivity contribution in [3.05, 3.63) is 23.8 Å². The van der Waals surface area contributed by atoms with Gasteiger partial charge in [0.15, 0.2) is 0 Å². The van der Waals surface area contributed by atoms with Crippen LogP contribution in [-0.2, 0) is 6.42 Å². The van der Waals surface area contributed by atoms with Crippen LogP contribution in [0.3, 0.4) is 0 Å². The van der Waals surface area contributed by atoms with E-state index in [2.05, 4.69) is 36.9 Å². The fourth-order valence-electron chi connectivity index (χ4n) is 2.32. The Bertz CT molecular complexity index is 365. The zero-order valence-corrected chi connectivity index (χ0v) is 10.9. The first-order chi connectivity index (χ1) is 7.76. The van der Waals surface area contributed by atoms with Gasteiger partial charge in [-0.2, -0.15) is 0 Å². The molecule has 0 radical (unpaired) electrons. The molecule has 0 saturated heterocycles. The average Bonchev–Trinajstić information content (AvgIpc) is 2.28. The first kappa shape index (κ1) is 11.8. The Morgan fingerprint density at radius 1 is 1.50 bits per heavy atom. The van der Waals surface area contributed by atoms with Crippen LogP contribution in [-0.4, -0.2) is 24.9 Å². The van der Waals surface area contributed by atoms with Crippen LogP contribution in [0.5, 0.6) is 0 Å². The number of rotatable bonds is 3. The lowest BCUT2D eigenvalue weighted by Gasteiger charge is -2.35. The maximum Gasteiger partial charge on any atom is 0.0537 e. The van der Waals surface area contributed by atoms with Gasteiger partial charge >= 0.3 is 0 Å². The summed E-state index contributed by atoms with van der Waals surface area (Å²) in [5.74, 6) is 0. The zero-order valence-electron chi connectivity index (χ0n) is 10.1. The van der Waals surface area contributed by atoms with Crippen molar-refractivity contribution in [3.63, 3.8) is 0 Å². The molecule has 1 unspecified atom stereocenters. The summed E-state index contributed by atoms with van der Waals surface area (Å²) >= 11 is 1.99. The second-order valence-electron chi connectivity index (χ2n) is 4.28. The molecular formula is C13H20N2S. The summed E-state index contributed by atoms with van der Waals surface area (Å²) in [6.07, 6.45) is 1.10. The fraction of sp³-hybridized carbons (Fsp3) is 0.538. The second kappa shape index (κ2) is 5.11. The van der Waals surface area contributed by atoms with Crippen LogP contribution in [0.4, 0.5) is 5.69 Å². The van der Waals surface area contributed by atoms with Crippen LogP contribution >= 0.6 is 11.8 Å². The summed E-state index contributed by atoms with van der Waals surface area (Å²) in [7, 11) is 0. The van der Waals surface area contributed by atoms with Gasteiger partial charge in [0.05, 0.1) is 5.69 Å². The van der Waals surface area contributed by atoms with Gasteiger partial charge in [-0.05, 0) is 18.1 Å². The molecule has 1 aliphatic rings. The number of fused-ring (bicyclic) bond motifs is 1. The highest BCUT2D eigenvalue weighted by Crippen LogP contribution is 2.40. The first-order valence-corrected chi connectivity index (χ1v) is 6.87. The third kappa shape index (κ3) is 2.20. The highest BCUT2D eigenvalue weighted by molar-refractivity contribution is 8.00. The number of hydrogen-bond acceptors (Lipinski definition) is 3. The number of para-hydroxylation sites is 1. The summed E-state index contributed by atoms with van der Waals surface area (Å²) in [5.41, 5.74) is 8.58. The lowest BCUT2D eigenvalue weighted by atomic mass is 10.1. The number of nitrogens with zero attached hydrogens (tertiary/aromatic N) is 1. The summed E-state index contributed by atoms with van der Waals surface area (Å²) in [6.45, 7) is 7.32.